The number of Topliss-reactive ketones (excluding diaryl/α,β-unsaturated/α-hetero) is 1. The molecule has 0 saturated heterocycles. The predicted molar refractivity (Wildman–Crippen MR) is 67.4 cm³/mol. The highest BCUT2D eigenvalue weighted by Gasteiger charge is 2.01. The van der Waals surface area contributed by atoms with Gasteiger partial charge in [-0.15, -0.1) is 0 Å². The van der Waals surface area contributed by atoms with Crippen molar-refractivity contribution in [1.82, 2.24) is 9.78 Å². The van der Waals surface area contributed by atoms with E-state index in [0.29, 0.717) is 13.0 Å². The van der Waals surface area contributed by atoms with Gasteiger partial charge in [0.25, 0.3) is 5.56 Å². The molecule has 0 bridgehead atoms. The molecule has 0 saturated carbocycles. The van der Waals surface area contributed by atoms with Crippen LogP contribution >= 0.6 is 0 Å². The first kappa shape index (κ1) is 13.4. The normalized spacial score (nSPS) is 10.3. The van der Waals surface area contributed by atoms with E-state index >= 15 is 0 Å². The Morgan fingerprint density at radius 1 is 1.41 bits per heavy atom. The van der Waals surface area contributed by atoms with E-state index < -0.39 is 0 Å². The molecule has 0 aliphatic carbocycles. The van der Waals surface area contributed by atoms with Crippen LogP contribution in [0.25, 0.3) is 0 Å². The summed E-state index contributed by atoms with van der Waals surface area (Å²) in [6.45, 7) is 2.15. The number of carbonyl (C=O) groups is 1. The predicted octanol–water partition coefficient (Wildman–Crippen LogP) is 1.07. The van der Waals surface area contributed by atoms with Gasteiger partial charge in [0.1, 0.15) is 5.78 Å². The zero-order chi connectivity index (χ0) is 12.8. The van der Waals surface area contributed by atoms with E-state index in [0.717, 1.165) is 18.5 Å². The maximum Gasteiger partial charge on any atom is 0.268 e. The fourth-order valence-corrected chi connectivity index (χ4v) is 1.47. The van der Waals surface area contributed by atoms with Crippen LogP contribution in [0.1, 0.15) is 26.2 Å². The van der Waals surface area contributed by atoms with E-state index in [9.17, 15) is 9.59 Å². The fourth-order valence-electron chi connectivity index (χ4n) is 1.47. The Morgan fingerprint density at radius 3 is 2.65 bits per heavy atom. The molecule has 0 atom stereocenters. The standard InChI is InChI=1S/C12H19N3O2/c1-10(16)6-4-5-7-15-12(17)8-11(9-13-15)14(2)3/h8-9H,4-7H2,1-3H3. The second-order valence-electron chi connectivity index (χ2n) is 4.33. The first-order valence-electron chi connectivity index (χ1n) is 5.74. The van der Waals surface area contributed by atoms with Crippen molar-refractivity contribution in [1.29, 1.82) is 0 Å². The molecule has 1 heterocycles. The summed E-state index contributed by atoms with van der Waals surface area (Å²) in [7, 11) is 3.74. The van der Waals surface area contributed by atoms with Gasteiger partial charge in [0, 0.05) is 33.1 Å². The maximum absolute atomic E-state index is 11.7. The molecule has 94 valence electrons. The summed E-state index contributed by atoms with van der Waals surface area (Å²) in [6, 6.07) is 1.57. The van der Waals surface area contributed by atoms with Crippen LogP contribution in [0.3, 0.4) is 0 Å². The Balaban J connectivity index is 2.55. The van der Waals surface area contributed by atoms with Crippen LogP contribution in [-0.2, 0) is 11.3 Å². The van der Waals surface area contributed by atoms with Gasteiger partial charge >= 0.3 is 0 Å². The molecule has 0 spiro atoms. The molecule has 17 heavy (non-hydrogen) atoms. The largest absolute Gasteiger partial charge is 0.376 e. The van der Waals surface area contributed by atoms with Crippen LogP contribution in [0.2, 0.25) is 0 Å². The van der Waals surface area contributed by atoms with Crippen LogP contribution in [0.5, 0.6) is 0 Å². The van der Waals surface area contributed by atoms with Crippen molar-refractivity contribution >= 4 is 11.5 Å². The Kier molecular flexibility index (Phi) is 4.87. The molecule has 0 aliphatic rings. The third-order valence-corrected chi connectivity index (χ3v) is 2.52. The van der Waals surface area contributed by atoms with Crippen molar-refractivity contribution in [2.24, 2.45) is 0 Å². The molecule has 5 nitrogen and oxygen atoms in total. The SMILES string of the molecule is CC(=O)CCCCn1ncc(N(C)C)cc1=O. The van der Waals surface area contributed by atoms with E-state index in [1.807, 2.05) is 19.0 Å². The minimum atomic E-state index is -0.0981. The van der Waals surface area contributed by atoms with Crippen LogP contribution in [0.4, 0.5) is 5.69 Å². The summed E-state index contributed by atoms with van der Waals surface area (Å²) in [6.07, 6.45) is 3.85. The summed E-state index contributed by atoms with van der Waals surface area (Å²) in [5, 5.41) is 4.09. The lowest BCUT2D eigenvalue weighted by Crippen LogP contribution is -2.24. The summed E-state index contributed by atoms with van der Waals surface area (Å²) in [5.41, 5.74) is 0.703. The van der Waals surface area contributed by atoms with Gasteiger partial charge in [-0.3, -0.25) is 4.79 Å². The van der Waals surface area contributed by atoms with E-state index in [-0.39, 0.29) is 11.3 Å². The van der Waals surface area contributed by atoms with Crippen molar-refractivity contribution in [2.45, 2.75) is 32.7 Å². The number of aryl methyl sites for hydroxylation is 1. The van der Waals surface area contributed by atoms with Gasteiger partial charge in [0.05, 0.1) is 11.9 Å². The summed E-state index contributed by atoms with van der Waals surface area (Å²) in [4.78, 5) is 24.3. The van der Waals surface area contributed by atoms with Crippen molar-refractivity contribution in [2.75, 3.05) is 19.0 Å². The average molecular weight is 237 g/mol. The molecule has 0 radical (unpaired) electrons. The van der Waals surface area contributed by atoms with Gasteiger partial charge in [-0.05, 0) is 19.8 Å². The monoisotopic (exact) mass is 237 g/mol. The van der Waals surface area contributed by atoms with Crippen LogP contribution < -0.4 is 10.5 Å². The van der Waals surface area contributed by atoms with Crippen molar-refractivity contribution in [3.63, 3.8) is 0 Å². The first-order valence-corrected chi connectivity index (χ1v) is 5.74. The zero-order valence-corrected chi connectivity index (χ0v) is 10.6. The van der Waals surface area contributed by atoms with Gasteiger partial charge in [0.2, 0.25) is 0 Å². The second-order valence-corrected chi connectivity index (χ2v) is 4.33. The van der Waals surface area contributed by atoms with Crippen molar-refractivity contribution in [3.05, 3.63) is 22.6 Å². The van der Waals surface area contributed by atoms with Crippen molar-refractivity contribution < 1.29 is 4.79 Å². The van der Waals surface area contributed by atoms with E-state index in [2.05, 4.69) is 5.10 Å². The van der Waals surface area contributed by atoms with E-state index in [1.165, 1.54) is 4.68 Å². The number of ketones is 1. The molecular weight excluding hydrogens is 218 g/mol. The summed E-state index contributed by atoms with van der Waals surface area (Å²) >= 11 is 0. The molecule has 1 aromatic heterocycles. The van der Waals surface area contributed by atoms with Crippen LogP contribution in [-0.4, -0.2) is 29.7 Å². The van der Waals surface area contributed by atoms with Crippen LogP contribution in [0, 0.1) is 0 Å². The number of anilines is 1. The minimum absolute atomic E-state index is 0.0981. The fraction of sp³-hybridized carbons (Fsp3) is 0.583. The Bertz CT molecular complexity index is 438. The number of hydrogen-bond donors (Lipinski definition) is 0. The molecule has 0 amide bonds. The van der Waals surface area contributed by atoms with Gasteiger partial charge in [-0.2, -0.15) is 5.10 Å². The topological polar surface area (TPSA) is 55.2 Å². The number of hydrogen-bond acceptors (Lipinski definition) is 4. The molecule has 5 heteroatoms. The third-order valence-electron chi connectivity index (χ3n) is 2.52. The highest BCUT2D eigenvalue weighted by atomic mass is 16.1. The zero-order valence-electron chi connectivity index (χ0n) is 10.6. The first-order chi connectivity index (χ1) is 8.00. The van der Waals surface area contributed by atoms with E-state index in [4.69, 9.17) is 0 Å². The third kappa shape index (κ3) is 4.38. The number of aromatic nitrogens is 2. The van der Waals surface area contributed by atoms with Crippen molar-refractivity contribution in [3.8, 4) is 0 Å². The van der Waals surface area contributed by atoms with Crippen LogP contribution in [0.15, 0.2) is 17.1 Å². The quantitative estimate of drug-likeness (QED) is 0.694. The molecule has 0 fully saturated rings. The lowest BCUT2D eigenvalue weighted by molar-refractivity contribution is -0.117. The molecule has 1 rings (SSSR count). The molecule has 0 aliphatic heterocycles. The number of rotatable bonds is 6. The number of nitrogens with zero attached hydrogens (tertiary/aromatic N) is 3. The van der Waals surface area contributed by atoms with E-state index in [1.54, 1.807) is 19.2 Å². The number of carbonyl (C=O) groups excluding carboxylic acids is 1. The average Bonchev–Trinajstić information content (AvgIpc) is 2.25. The summed E-state index contributed by atoms with van der Waals surface area (Å²) < 4.78 is 1.44. The number of unbranched alkanes of at least 4 members (excludes halogenated alkanes) is 1. The highest BCUT2D eigenvalue weighted by Crippen LogP contribution is 2.04. The molecule has 1 aromatic rings. The van der Waals surface area contributed by atoms with Gasteiger partial charge < -0.3 is 9.69 Å². The smallest absolute Gasteiger partial charge is 0.268 e. The Labute approximate surface area is 101 Å². The molecular formula is C12H19N3O2. The van der Waals surface area contributed by atoms with Gasteiger partial charge in [-0.25, -0.2) is 4.68 Å². The Morgan fingerprint density at radius 2 is 2.12 bits per heavy atom. The summed E-state index contributed by atoms with van der Waals surface area (Å²) in [5.74, 6) is 0.188. The van der Waals surface area contributed by atoms with Gasteiger partial charge in [0.15, 0.2) is 0 Å². The highest BCUT2D eigenvalue weighted by molar-refractivity contribution is 5.75. The minimum Gasteiger partial charge on any atom is -0.376 e. The maximum atomic E-state index is 11.7. The lowest BCUT2D eigenvalue weighted by Gasteiger charge is -2.12. The molecule has 0 unspecified atom stereocenters. The molecule has 0 N–H and O–H groups in total. The molecule has 0 aromatic carbocycles. The second kappa shape index (κ2) is 6.18. The lowest BCUT2D eigenvalue weighted by atomic mass is 10.2. The van der Waals surface area contributed by atoms with Gasteiger partial charge in [-0.1, -0.05) is 0 Å². The Hall–Kier alpha value is -1.65.